The molecule has 1 fully saturated rings. The zero-order chi connectivity index (χ0) is 18.5. The summed E-state index contributed by atoms with van der Waals surface area (Å²) in [5.74, 6) is 0.939. The molecule has 1 aliphatic rings. The predicted molar refractivity (Wildman–Crippen MR) is 106 cm³/mol. The van der Waals surface area contributed by atoms with Crippen LogP contribution in [-0.4, -0.2) is 82.7 Å². The molecule has 0 aromatic rings. The SMILES string of the molecule is CCS(=O)(=O)N(C)CCCNC(=NC)NCCCN1CCCCCC1. The first kappa shape index (κ1) is 22.2. The predicted octanol–water partition coefficient (Wildman–Crippen LogP) is 1.09. The lowest BCUT2D eigenvalue weighted by Gasteiger charge is -2.20. The Morgan fingerprint density at radius 2 is 1.68 bits per heavy atom. The van der Waals surface area contributed by atoms with Crippen LogP contribution in [0.2, 0.25) is 0 Å². The van der Waals surface area contributed by atoms with Crippen LogP contribution in [0.3, 0.4) is 0 Å². The Kier molecular flexibility index (Phi) is 11.1. The molecule has 0 radical (unpaired) electrons. The van der Waals surface area contributed by atoms with Gasteiger partial charge in [0, 0.05) is 33.7 Å². The van der Waals surface area contributed by atoms with Crippen LogP contribution >= 0.6 is 0 Å². The van der Waals surface area contributed by atoms with Crippen LogP contribution in [0.1, 0.15) is 45.4 Å². The van der Waals surface area contributed by atoms with Crippen LogP contribution in [0.25, 0.3) is 0 Å². The summed E-state index contributed by atoms with van der Waals surface area (Å²) < 4.78 is 24.8. The van der Waals surface area contributed by atoms with Gasteiger partial charge in [0.05, 0.1) is 5.75 Å². The van der Waals surface area contributed by atoms with E-state index in [1.165, 1.54) is 43.1 Å². The second-order valence-electron chi connectivity index (χ2n) is 6.61. The van der Waals surface area contributed by atoms with Crippen molar-refractivity contribution in [2.75, 3.05) is 59.1 Å². The molecular formula is C17H37N5O2S. The largest absolute Gasteiger partial charge is 0.356 e. The highest BCUT2D eigenvalue weighted by Crippen LogP contribution is 2.09. The molecule has 8 heteroatoms. The second-order valence-corrected chi connectivity index (χ2v) is 8.98. The fraction of sp³-hybridized carbons (Fsp3) is 0.941. The minimum atomic E-state index is -3.08. The molecule has 25 heavy (non-hydrogen) atoms. The van der Waals surface area contributed by atoms with Gasteiger partial charge >= 0.3 is 0 Å². The Hall–Kier alpha value is -0.860. The maximum Gasteiger partial charge on any atom is 0.213 e. The van der Waals surface area contributed by atoms with Crippen molar-refractivity contribution in [2.24, 2.45) is 4.99 Å². The number of nitrogens with one attached hydrogen (secondary N) is 2. The second kappa shape index (κ2) is 12.5. The van der Waals surface area contributed by atoms with Crippen LogP contribution in [0.4, 0.5) is 0 Å². The van der Waals surface area contributed by atoms with Crippen molar-refractivity contribution >= 4 is 16.0 Å². The van der Waals surface area contributed by atoms with Crippen molar-refractivity contribution in [1.29, 1.82) is 0 Å². The fourth-order valence-electron chi connectivity index (χ4n) is 2.96. The first-order chi connectivity index (χ1) is 12.0. The van der Waals surface area contributed by atoms with E-state index in [9.17, 15) is 8.42 Å². The van der Waals surface area contributed by atoms with Crippen molar-refractivity contribution in [1.82, 2.24) is 19.8 Å². The van der Waals surface area contributed by atoms with E-state index in [-0.39, 0.29) is 5.75 Å². The summed E-state index contributed by atoms with van der Waals surface area (Å²) in [7, 11) is 0.315. The molecule has 0 saturated carbocycles. The third kappa shape index (κ3) is 9.42. The van der Waals surface area contributed by atoms with Crippen molar-refractivity contribution in [3.63, 3.8) is 0 Å². The van der Waals surface area contributed by atoms with Gasteiger partial charge in [-0.1, -0.05) is 12.8 Å². The van der Waals surface area contributed by atoms with Crippen molar-refractivity contribution in [3.8, 4) is 0 Å². The minimum absolute atomic E-state index is 0.150. The molecule has 0 aliphatic carbocycles. The summed E-state index contributed by atoms with van der Waals surface area (Å²) in [6.45, 7) is 7.41. The quantitative estimate of drug-likeness (QED) is 0.340. The van der Waals surface area contributed by atoms with Gasteiger partial charge in [0.15, 0.2) is 5.96 Å². The minimum Gasteiger partial charge on any atom is -0.356 e. The summed E-state index contributed by atoms with van der Waals surface area (Å²) in [4.78, 5) is 6.78. The average Bonchev–Trinajstić information content (AvgIpc) is 2.88. The Morgan fingerprint density at radius 1 is 1.08 bits per heavy atom. The first-order valence-electron chi connectivity index (χ1n) is 9.60. The summed E-state index contributed by atoms with van der Waals surface area (Å²) >= 11 is 0. The topological polar surface area (TPSA) is 77.0 Å². The molecule has 7 nitrogen and oxygen atoms in total. The highest BCUT2D eigenvalue weighted by molar-refractivity contribution is 7.89. The summed E-state index contributed by atoms with van der Waals surface area (Å²) in [5, 5.41) is 6.58. The Balaban J connectivity index is 2.12. The molecule has 1 saturated heterocycles. The average molecular weight is 376 g/mol. The molecule has 0 unspecified atom stereocenters. The summed E-state index contributed by atoms with van der Waals surface area (Å²) in [6, 6.07) is 0. The van der Waals surface area contributed by atoms with Gasteiger partial charge in [-0.2, -0.15) is 0 Å². The van der Waals surface area contributed by atoms with E-state index in [1.54, 1.807) is 21.0 Å². The van der Waals surface area contributed by atoms with Gasteiger partial charge in [-0.3, -0.25) is 4.99 Å². The van der Waals surface area contributed by atoms with Crippen molar-refractivity contribution in [2.45, 2.75) is 45.4 Å². The Morgan fingerprint density at radius 3 is 2.24 bits per heavy atom. The van der Waals surface area contributed by atoms with Crippen LogP contribution in [-0.2, 0) is 10.0 Å². The van der Waals surface area contributed by atoms with E-state index < -0.39 is 10.0 Å². The van der Waals surface area contributed by atoms with Gasteiger partial charge in [-0.05, 0) is 52.2 Å². The molecular weight excluding hydrogens is 338 g/mol. The summed E-state index contributed by atoms with van der Waals surface area (Å²) in [6.07, 6.45) is 7.28. The van der Waals surface area contributed by atoms with Crippen molar-refractivity contribution in [3.05, 3.63) is 0 Å². The van der Waals surface area contributed by atoms with Crippen LogP contribution < -0.4 is 10.6 Å². The van der Waals surface area contributed by atoms with E-state index in [0.717, 1.165) is 31.9 Å². The van der Waals surface area contributed by atoms with E-state index >= 15 is 0 Å². The lowest BCUT2D eigenvalue weighted by Crippen LogP contribution is -2.40. The highest BCUT2D eigenvalue weighted by atomic mass is 32.2. The van der Waals surface area contributed by atoms with Crippen LogP contribution in [0.15, 0.2) is 4.99 Å². The number of rotatable bonds is 10. The maximum atomic E-state index is 11.7. The first-order valence-corrected chi connectivity index (χ1v) is 11.2. The van der Waals surface area contributed by atoms with Gasteiger partial charge in [0.2, 0.25) is 10.0 Å². The summed E-state index contributed by atoms with van der Waals surface area (Å²) in [5.41, 5.74) is 0. The molecule has 1 rings (SSSR count). The van der Waals surface area contributed by atoms with E-state index in [4.69, 9.17) is 0 Å². The zero-order valence-corrected chi connectivity index (χ0v) is 17.1. The molecule has 0 aromatic carbocycles. The number of nitrogens with zero attached hydrogens (tertiary/aromatic N) is 3. The lowest BCUT2D eigenvalue weighted by atomic mass is 10.2. The van der Waals surface area contributed by atoms with Crippen LogP contribution in [0.5, 0.6) is 0 Å². The number of sulfonamides is 1. The Bertz CT molecular complexity index is 473. The number of hydrogen-bond acceptors (Lipinski definition) is 4. The third-order valence-corrected chi connectivity index (χ3v) is 6.51. The maximum absolute atomic E-state index is 11.7. The fourth-order valence-corrected chi connectivity index (χ4v) is 3.81. The molecule has 2 N–H and O–H groups in total. The van der Waals surface area contributed by atoms with Gasteiger partial charge in [0.25, 0.3) is 0 Å². The normalized spacial score (nSPS) is 17.5. The van der Waals surface area contributed by atoms with E-state index in [0.29, 0.717) is 13.1 Å². The third-order valence-electron chi connectivity index (χ3n) is 4.65. The molecule has 0 atom stereocenters. The molecule has 0 amide bonds. The van der Waals surface area contributed by atoms with Gasteiger partial charge in [-0.15, -0.1) is 0 Å². The molecule has 0 aromatic heterocycles. The molecule has 1 aliphatic heterocycles. The lowest BCUT2D eigenvalue weighted by molar-refractivity contribution is 0.282. The van der Waals surface area contributed by atoms with Gasteiger partial charge < -0.3 is 15.5 Å². The van der Waals surface area contributed by atoms with Gasteiger partial charge in [-0.25, -0.2) is 12.7 Å². The molecule has 0 bridgehead atoms. The number of guanidine groups is 1. The smallest absolute Gasteiger partial charge is 0.213 e. The monoisotopic (exact) mass is 375 g/mol. The molecule has 1 heterocycles. The Labute approximate surface area is 154 Å². The standard InChI is InChI=1S/C17H37N5O2S/c1-4-25(23,24)21(3)13-9-11-19-17(18-2)20-12-10-16-22-14-7-5-6-8-15-22/h4-16H2,1-3H3,(H2,18,19,20). The number of aliphatic imine (C=N–C) groups is 1. The number of hydrogen-bond donors (Lipinski definition) is 2. The van der Waals surface area contributed by atoms with E-state index in [1.807, 2.05) is 0 Å². The zero-order valence-electron chi connectivity index (χ0n) is 16.3. The van der Waals surface area contributed by atoms with Crippen LogP contribution in [0, 0.1) is 0 Å². The van der Waals surface area contributed by atoms with Crippen molar-refractivity contribution < 1.29 is 8.42 Å². The molecule has 0 spiro atoms. The van der Waals surface area contributed by atoms with Gasteiger partial charge in [0.1, 0.15) is 0 Å². The highest BCUT2D eigenvalue weighted by Gasteiger charge is 2.14. The molecule has 148 valence electrons. The number of likely N-dealkylation sites (tertiary alicyclic amines) is 1. The van der Waals surface area contributed by atoms with E-state index in [2.05, 4.69) is 20.5 Å².